The Morgan fingerprint density at radius 2 is 1.79 bits per heavy atom. The van der Waals surface area contributed by atoms with Gasteiger partial charge in [-0.15, -0.1) is 0 Å². The lowest BCUT2D eigenvalue weighted by Gasteiger charge is -2.29. The molecule has 0 bridgehead atoms. The second-order valence-electron chi connectivity index (χ2n) is 5.05. The lowest BCUT2D eigenvalue weighted by Crippen LogP contribution is -2.53. The van der Waals surface area contributed by atoms with Crippen molar-refractivity contribution in [1.82, 2.24) is 0 Å². The number of ether oxygens (including phenoxy) is 3. The number of hydrogen-bond donors (Lipinski definition) is 0. The van der Waals surface area contributed by atoms with Gasteiger partial charge in [0.05, 0.1) is 20.0 Å². The van der Waals surface area contributed by atoms with E-state index in [1.54, 1.807) is 6.92 Å². The van der Waals surface area contributed by atoms with E-state index < -0.39 is 17.5 Å². The summed E-state index contributed by atoms with van der Waals surface area (Å²) in [5, 5.41) is 0. The molecule has 19 heavy (non-hydrogen) atoms. The highest BCUT2D eigenvalue weighted by Crippen LogP contribution is 2.47. The summed E-state index contributed by atoms with van der Waals surface area (Å²) in [5.41, 5.74) is -0.568. The van der Waals surface area contributed by atoms with E-state index in [1.165, 1.54) is 14.2 Å². The van der Waals surface area contributed by atoms with Gasteiger partial charge in [-0.25, -0.2) is 9.59 Å². The van der Waals surface area contributed by atoms with Crippen LogP contribution < -0.4 is 0 Å². The van der Waals surface area contributed by atoms with Gasteiger partial charge in [-0.3, -0.25) is 0 Å². The summed E-state index contributed by atoms with van der Waals surface area (Å²) >= 11 is 0. The molecule has 0 amide bonds. The fourth-order valence-corrected chi connectivity index (χ4v) is 3.19. The Morgan fingerprint density at radius 1 is 1.16 bits per heavy atom. The highest BCUT2D eigenvalue weighted by molar-refractivity contribution is 6.05. The largest absolute Gasteiger partial charge is 0.468 e. The van der Waals surface area contributed by atoms with Crippen molar-refractivity contribution >= 4 is 11.9 Å². The Kier molecular flexibility index (Phi) is 3.83. The third-order valence-electron chi connectivity index (χ3n) is 4.09. The Bertz CT molecular complexity index is 408. The standard InChI is InChI=1S/C14H20O5/c1-9-10-7-5-4-6-8-11(10)14(19-9,12(15)17-2)13(16)18-3/h11H,4-8H2,1-3H3. The Balaban J connectivity index is 2.45. The van der Waals surface area contributed by atoms with E-state index in [9.17, 15) is 9.59 Å². The number of methoxy groups -OCH3 is 2. The summed E-state index contributed by atoms with van der Waals surface area (Å²) in [6.45, 7) is 1.81. The van der Waals surface area contributed by atoms with Crippen molar-refractivity contribution < 1.29 is 23.8 Å². The molecule has 1 fully saturated rings. The van der Waals surface area contributed by atoms with E-state index in [-0.39, 0.29) is 5.92 Å². The lowest BCUT2D eigenvalue weighted by molar-refractivity contribution is -0.184. The Labute approximate surface area is 112 Å². The normalized spacial score (nSPS) is 25.1. The summed E-state index contributed by atoms with van der Waals surface area (Å²) < 4.78 is 15.3. The number of allylic oxidation sites excluding steroid dienone is 1. The number of carbonyl (C=O) groups is 2. The van der Waals surface area contributed by atoms with Crippen molar-refractivity contribution in [1.29, 1.82) is 0 Å². The molecule has 5 nitrogen and oxygen atoms in total. The quantitative estimate of drug-likeness (QED) is 0.566. The van der Waals surface area contributed by atoms with Crippen molar-refractivity contribution in [3.05, 3.63) is 11.3 Å². The van der Waals surface area contributed by atoms with Gasteiger partial charge in [0.25, 0.3) is 0 Å². The second kappa shape index (κ2) is 5.23. The van der Waals surface area contributed by atoms with E-state index in [2.05, 4.69) is 0 Å². The molecule has 2 aliphatic rings. The van der Waals surface area contributed by atoms with Crippen LogP contribution in [0.15, 0.2) is 11.3 Å². The first-order chi connectivity index (χ1) is 9.07. The van der Waals surface area contributed by atoms with E-state index in [1.807, 2.05) is 0 Å². The molecule has 0 saturated heterocycles. The van der Waals surface area contributed by atoms with Crippen LogP contribution in [0, 0.1) is 5.92 Å². The smallest absolute Gasteiger partial charge is 0.362 e. The molecule has 0 radical (unpaired) electrons. The molecule has 0 spiro atoms. The molecule has 1 atom stereocenters. The predicted octanol–water partition coefficient (Wildman–Crippen LogP) is 1.96. The van der Waals surface area contributed by atoms with Gasteiger partial charge in [0.15, 0.2) is 0 Å². The minimum absolute atomic E-state index is 0.255. The third-order valence-corrected chi connectivity index (χ3v) is 4.09. The monoisotopic (exact) mass is 268 g/mol. The van der Waals surface area contributed by atoms with Crippen LogP contribution in [-0.4, -0.2) is 31.8 Å². The molecule has 5 heteroatoms. The molecule has 1 heterocycles. The van der Waals surface area contributed by atoms with Crippen LogP contribution in [-0.2, 0) is 23.8 Å². The zero-order valence-corrected chi connectivity index (χ0v) is 11.7. The van der Waals surface area contributed by atoms with Gasteiger partial charge in [0, 0.05) is 5.92 Å². The third kappa shape index (κ3) is 2.01. The summed E-state index contributed by atoms with van der Waals surface area (Å²) in [4.78, 5) is 24.3. The average Bonchev–Trinajstić information content (AvgIpc) is 2.61. The number of esters is 2. The maximum absolute atomic E-state index is 12.2. The number of hydrogen-bond acceptors (Lipinski definition) is 5. The van der Waals surface area contributed by atoms with Crippen LogP contribution in [0.1, 0.15) is 39.0 Å². The first-order valence-corrected chi connectivity index (χ1v) is 6.63. The van der Waals surface area contributed by atoms with Crippen molar-refractivity contribution in [2.75, 3.05) is 14.2 Å². The van der Waals surface area contributed by atoms with E-state index in [4.69, 9.17) is 14.2 Å². The Hall–Kier alpha value is -1.52. The molecular formula is C14H20O5. The minimum atomic E-state index is -1.63. The first kappa shape index (κ1) is 13.9. The summed E-state index contributed by atoms with van der Waals surface area (Å²) in [6, 6.07) is 0. The van der Waals surface area contributed by atoms with Crippen LogP contribution in [0.25, 0.3) is 0 Å². The lowest BCUT2D eigenvalue weighted by atomic mass is 9.80. The van der Waals surface area contributed by atoms with Crippen molar-refractivity contribution in [2.45, 2.75) is 44.6 Å². The van der Waals surface area contributed by atoms with Crippen molar-refractivity contribution in [3.8, 4) is 0 Å². The fourth-order valence-electron chi connectivity index (χ4n) is 3.19. The summed E-state index contributed by atoms with van der Waals surface area (Å²) in [5.74, 6) is -0.918. The number of rotatable bonds is 2. The van der Waals surface area contributed by atoms with Crippen LogP contribution in [0.4, 0.5) is 0 Å². The second-order valence-corrected chi connectivity index (χ2v) is 5.05. The minimum Gasteiger partial charge on any atom is -0.468 e. The maximum atomic E-state index is 12.2. The zero-order valence-electron chi connectivity index (χ0n) is 11.7. The SMILES string of the molecule is COC(=O)C1(C(=O)OC)OC(C)=C2CCCCCC21. The van der Waals surface area contributed by atoms with Crippen LogP contribution in [0.5, 0.6) is 0 Å². The highest BCUT2D eigenvalue weighted by atomic mass is 16.6. The Morgan fingerprint density at radius 3 is 2.37 bits per heavy atom. The van der Waals surface area contributed by atoms with Gasteiger partial charge in [0.1, 0.15) is 0 Å². The zero-order chi connectivity index (χ0) is 14.0. The molecule has 2 rings (SSSR count). The molecule has 0 aromatic heterocycles. The molecule has 1 unspecified atom stereocenters. The molecule has 1 aliphatic carbocycles. The number of fused-ring (bicyclic) bond motifs is 1. The molecule has 0 aromatic carbocycles. The summed E-state index contributed by atoms with van der Waals surface area (Å²) in [7, 11) is 2.53. The number of carbonyl (C=O) groups excluding carboxylic acids is 2. The van der Waals surface area contributed by atoms with Gasteiger partial charge in [-0.1, -0.05) is 12.8 Å². The van der Waals surface area contributed by atoms with Gasteiger partial charge < -0.3 is 14.2 Å². The first-order valence-electron chi connectivity index (χ1n) is 6.63. The van der Waals surface area contributed by atoms with E-state index in [0.29, 0.717) is 5.76 Å². The van der Waals surface area contributed by atoms with Crippen molar-refractivity contribution in [2.24, 2.45) is 5.92 Å². The van der Waals surface area contributed by atoms with Gasteiger partial charge in [-0.05, 0) is 31.8 Å². The predicted molar refractivity (Wildman–Crippen MR) is 67.1 cm³/mol. The van der Waals surface area contributed by atoms with Gasteiger partial charge in [0.2, 0.25) is 0 Å². The van der Waals surface area contributed by atoms with Gasteiger partial charge >= 0.3 is 17.5 Å². The molecule has 0 N–H and O–H groups in total. The molecule has 0 aromatic rings. The van der Waals surface area contributed by atoms with Crippen LogP contribution >= 0.6 is 0 Å². The molecule has 106 valence electrons. The molecular weight excluding hydrogens is 248 g/mol. The van der Waals surface area contributed by atoms with Crippen molar-refractivity contribution in [3.63, 3.8) is 0 Å². The molecule has 1 aliphatic heterocycles. The highest BCUT2D eigenvalue weighted by Gasteiger charge is 2.62. The van der Waals surface area contributed by atoms with E-state index in [0.717, 1.165) is 37.7 Å². The maximum Gasteiger partial charge on any atom is 0.362 e. The van der Waals surface area contributed by atoms with Crippen LogP contribution in [0.3, 0.4) is 0 Å². The topological polar surface area (TPSA) is 61.8 Å². The van der Waals surface area contributed by atoms with E-state index >= 15 is 0 Å². The van der Waals surface area contributed by atoms with Gasteiger partial charge in [-0.2, -0.15) is 0 Å². The van der Waals surface area contributed by atoms with Crippen LogP contribution in [0.2, 0.25) is 0 Å². The fraction of sp³-hybridized carbons (Fsp3) is 0.714. The average molecular weight is 268 g/mol. The molecule has 1 saturated carbocycles. The summed E-state index contributed by atoms with van der Waals surface area (Å²) in [6.07, 6.45) is 4.75.